The molecule has 3 heterocycles. The van der Waals surface area contributed by atoms with Gasteiger partial charge in [0.1, 0.15) is 29.9 Å². The van der Waals surface area contributed by atoms with Crippen LogP contribution in [0.1, 0.15) is 37.7 Å². The van der Waals surface area contributed by atoms with Crippen molar-refractivity contribution in [3.63, 3.8) is 0 Å². The maximum Gasteiger partial charge on any atom is 0.218 e. The van der Waals surface area contributed by atoms with E-state index in [0.29, 0.717) is 16.7 Å². The molecule has 6 nitrogen and oxygen atoms in total. The number of hydrogen-bond acceptors (Lipinski definition) is 5. The summed E-state index contributed by atoms with van der Waals surface area (Å²) in [5.74, 6) is 0.396. The number of nitrogens with one attached hydrogen (secondary N) is 1. The number of H-pyrrole nitrogens is 1. The molecule has 3 rings (SSSR count). The molecule has 0 bridgehead atoms. The molecule has 1 N–H and O–H groups in total. The van der Waals surface area contributed by atoms with Crippen LogP contribution in [0.15, 0.2) is 24.7 Å². The number of aromatic nitrogens is 4. The van der Waals surface area contributed by atoms with Gasteiger partial charge < -0.3 is 9.72 Å². The molecule has 25 heavy (non-hydrogen) atoms. The van der Waals surface area contributed by atoms with Crippen LogP contribution in [-0.4, -0.2) is 19.9 Å². The third kappa shape index (κ3) is 4.06. The predicted octanol–water partition coefficient (Wildman–Crippen LogP) is 4.05. The van der Waals surface area contributed by atoms with Gasteiger partial charge in [0.25, 0.3) is 0 Å². The van der Waals surface area contributed by atoms with E-state index < -0.39 is 0 Å². The van der Waals surface area contributed by atoms with E-state index in [9.17, 15) is 0 Å². The van der Waals surface area contributed by atoms with E-state index in [1.807, 2.05) is 6.07 Å². The Kier molecular flexibility index (Phi) is 4.60. The normalized spacial score (nSPS) is 11.5. The molecule has 0 aliphatic carbocycles. The first-order valence-corrected chi connectivity index (χ1v) is 8.23. The van der Waals surface area contributed by atoms with Gasteiger partial charge in [-0.25, -0.2) is 9.97 Å². The Hall–Kier alpha value is -2.65. The van der Waals surface area contributed by atoms with Gasteiger partial charge in [0.15, 0.2) is 0 Å². The van der Waals surface area contributed by atoms with Gasteiger partial charge in [-0.2, -0.15) is 5.26 Å². The average Bonchev–Trinajstić information content (AvgIpc) is 2.97. The fourth-order valence-corrected chi connectivity index (χ4v) is 2.77. The van der Waals surface area contributed by atoms with E-state index in [4.69, 9.17) is 21.6 Å². The summed E-state index contributed by atoms with van der Waals surface area (Å²) in [6.07, 6.45) is 3.91. The fourth-order valence-electron chi connectivity index (χ4n) is 2.64. The molecule has 0 saturated heterocycles. The van der Waals surface area contributed by atoms with Crippen molar-refractivity contribution >= 4 is 22.5 Å². The second kappa shape index (κ2) is 6.69. The first-order chi connectivity index (χ1) is 11.9. The molecule has 0 aliphatic heterocycles. The zero-order valence-corrected chi connectivity index (χ0v) is 15.1. The van der Waals surface area contributed by atoms with Crippen LogP contribution in [-0.2, 0) is 13.0 Å². The Bertz CT molecular complexity index is 952. The molecule has 0 spiro atoms. The van der Waals surface area contributed by atoms with E-state index >= 15 is 0 Å². The molecule has 0 unspecified atom stereocenters. The summed E-state index contributed by atoms with van der Waals surface area (Å²) in [6.45, 7) is 6.74. The van der Waals surface area contributed by atoms with Crippen molar-refractivity contribution in [2.75, 3.05) is 0 Å². The van der Waals surface area contributed by atoms with Crippen molar-refractivity contribution in [2.45, 2.75) is 33.8 Å². The third-order valence-electron chi connectivity index (χ3n) is 3.65. The minimum Gasteiger partial charge on any atom is -0.471 e. The molecule has 0 amide bonds. The van der Waals surface area contributed by atoms with Crippen LogP contribution in [0.4, 0.5) is 0 Å². The Morgan fingerprint density at radius 3 is 2.72 bits per heavy atom. The molecular formula is C18H18ClN5O. The largest absolute Gasteiger partial charge is 0.471 e. The van der Waals surface area contributed by atoms with Gasteiger partial charge in [-0.05, 0) is 17.9 Å². The summed E-state index contributed by atoms with van der Waals surface area (Å²) in [4.78, 5) is 15.6. The number of nitrogens with zero attached hydrogens (tertiary/aromatic N) is 4. The van der Waals surface area contributed by atoms with E-state index in [2.05, 4.69) is 46.8 Å². The molecule has 3 aromatic rings. The summed E-state index contributed by atoms with van der Waals surface area (Å²) in [5.41, 5.74) is 3.37. The van der Waals surface area contributed by atoms with Gasteiger partial charge in [0.2, 0.25) is 5.88 Å². The lowest BCUT2D eigenvalue weighted by Gasteiger charge is -2.20. The second-order valence-corrected chi connectivity index (χ2v) is 7.40. The van der Waals surface area contributed by atoms with Gasteiger partial charge in [-0.15, -0.1) is 0 Å². The van der Waals surface area contributed by atoms with Gasteiger partial charge >= 0.3 is 0 Å². The monoisotopic (exact) mass is 355 g/mol. The van der Waals surface area contributed by atoms with Crippen molar-refractivity contribution < 1.29 is 4.74 Å². The van der Waals surface area contributed by atoms with Crippen molar-refractivity contribution in [1.29, 1.82) is 5.26 Å². The number of rotatable bonds is 4. The molecule has 0 aliphatic rings. The molecule has 3 aromatic heterocycles. The highest BCUT2D eigenvalue weighted by molar-refractivity contribution is 6.29. The number of aromatic amines is 1. The van der Waals surface area contributed by atoms with Crippen molar-refractivity contribution in [2.24, 2.45) is 5.41 Å². The Labute approximate surface area is 150 Å². The molecule has 0 radical (unpaired) electrons. The predicted molar refractivity (Wildman–Crippen MR) is 95.3 cm³/mol. The number of nitriles is 1. The topological polar surface area (TPSA) is 87.5 Å². The summed E-state index contributed by atoms with van der Waals surface area (Å²) >= 11 is 5.86. The van der Waals surface area contributed by atoms with Crippen LogP contribution < -0.4 is 4.74 Å². The van der Waals surface area contributed by atoms with Gasteiger partial charge in [0, 0.05) is 23.2 Å². The molecule has 7 heteroatoms. The van der Waals surface area contributed by atoms with E-state index in [-0.39, 0.29) is 12.0 Å². The van der Waals surface area contributed by atoms with Crippen LogP contribution in [0, 0.1) is 16.7 Å². The highest BCUT2D eigenvalue weighted by Crippen LogP contribution is 2.29. The van der Waals surface area contributed by atoms with Gasteiger partial charge in [0.05, 0.1) is 11.2 Å². The maximum absolute atomic E-state index is 9.16. The van der Waals surface area contributed by atoms with Crippen LogP contribution >= 0.6 is 11.6 Å². The second-order valence-electron chi connectivity index (χ2n) is 7.01. The summed E-state index contributed by atoms with van der Waals surface area (Å²) in [7, 11) is 0. The number of fused-ring (bicyclic) bond motifs is 1. The Balaban J connectivity index is 1.98. The minimum absolute atomic E-state index is 0.0564. The fraction of sp³-hybridized carbons (Fsp3) is 0.333. The summed E-state index contributed by atoms with van der Waals surface area (Å²) in [6, 6.07) is 5.51. The number of pyridine rings is 1. The van der Waals surface area contributed by atoms with E-state index in [1.54, 1.807) is 12.3 Å². The highest BCUT2D eigenvalue weighted by atomic mass is 35.5. The lowest BCUT2D eigenvalue weighted by Crippen LogP contribution is -2.14. The highest BCUT2D eigenvalue weighted by Gasteiger charge is 2.19. The third-order valence-corrected chi connectivity index (χ3v) is 3.86. The first kappa shape index (κ1) is 17.2. The lowest BCUT2D eigenvalue weighted by molar-refractivity contribution is 0.285. The smallest absolute Gasteiger partial charge is 0.218 e. The summed E-state index contributed by atoms with van der Waals surface area (Å²) < 4.78 is 5.73. The molecule has 0 saturated carbocycles. The van der Waals surface area contributed by atoms with Crippen molar-refractivity contribution in [3.05, 3.63) is 46.8 Å². The molecule has 128 valence electrons. The summed E-state index contributed by atoms with van der Waals surface area (Å²) in [5, 5.41) is 10.4. The lowest BCUT2D eigenvalue weighted by atomic mass is 9.87. The Morgan fingerprint density at radius 2 is 2.04 bits per heavy atom. The molecule has 0 fully saturated rings. The Morgan fingerprint density at radius 1 is 1.24 bits per heavy atom. The van der Waals surface area contributed by atoms with Gasteiger partial charge in [-0.3, -0.25) is 4.98 Å². The maximum atomic E-state index is 9.16. The molecular weight excluding hydrogens is 338 g/mol. The molecule has 0 atom stereocenters. The van der Waals surface area contributed by atoms with Crippen LogP contribution in [0.2, 0.25) is 5.15 Å². The number of hydrogen-bond donors (Lipinski definition) is 1. The number of ether oxygens (including phenoxy) is 1. The van der Waals surface area contributed by atoms with E-state index in [0.717, 1.165) is 28.6 Å². The van der Waals surface area contributed by atoms with Crippen molar-refractivity contribution in [1.82, 2.24) is 19.9 Å². The van der Waals surface area contributed by atoms with E-state index in [1.165, 1.54) is 6.33 Å². The van der Waals surface area contributed by atoms with Crippen LogP contribution in [0.5, 0.6) is 5.88 Å². The average molecular weight is 356 g/mol. The van der Waals surface area contributed by atoms with Crippen molar-refractivity contribution in [3.8, 4) is 11.9 Å². The quantitative estimate of drug-likeness (QED) is 0.713. The number of halogens is 1. The first-order valence-electron chi connectivity index (χ1n) is 7.85. The molecule has 0 aromatic carbocycles. The standard InChI is InChI=1S/C18H18ClN5O/c1-18(2,3)6-13-14(9-25-16-5-15(19)22-10-23-16)21-8-11-4-12(7-20)24-17(11)13/h4-5,8,10,24H,6,9H2,1-3H3. The van der Waals surface area contributed by atoms with Gasteiger partial charge in [-0.1, -0.05) is 32.4 Å². The van der Waals surface area contributed by atoms with Crippen LogP contribution in [0.25, 0.3) is 10.9 Å². The SMILES string of the molecule is CC(C)(C)Cc1c(COc2cc(Cl)ncn2)ncc2cc(C#N)[nH]c12. The minimum atomic E-state index is 0.0564. The zero-order valence-electron chi connectivity index (χ0n) is 14.3. The van der Waals surface area contributed by atoms with Crippen LogP contribution in [0.3, 0.4) is 0 Å². The zero-order chi connectivity index (χ0) is 18.0.